The first kappa shape index (κ1) is 20.9. The lowest BCUT2D eigenvalue weighted by atomic mass is 9.90. The SMILES string of the molecule is CN(C1CN(C(=O)Nc2ccc(Oc3ccccc3)cc2)C1)C(C)(C)c1ccccc1. The summed E-state index contributed by atoms with van der Waals surface area (Å²) in [7, 11) is 2.14. The van der Waals surface area contributed by atoms with Gasteiger partial charge in [0, 0.05) is 30.4 Å². The van der Waals surface area contributed by atoms with E-state index in [4.69, 9.17) is 4.74 Å². The molecule has 160 valence electrons. The Hall–Kier alpha value is -3.31. The molecule has 5 nitrogen and oxygen atoms in total. The quantitative estimate of drug-likeness (QED) is 0.573. The molecule has 0 saturated carbocycles. The van der Waals surface area contributed by atoms with Crippen molar-refractivity contribution < 1.29 is 9.53 Å². The average Bonchev–Trinajstić information content (AvgIpc) is 2.75. The number of para-hydroxylation sites is 1. The van der Waals surface area contributed by atoms with Crippen molar-refractivity contribution in [1.29, 1.82) is 0 Å². The lowest BCUT2D eigenvalue weighted by Crippen LogP contribution is -2.64. The fourth-order valence-corrected chi connectivity index (χ4v) is 3.81. The molecule has 5 heteroatoms. The summed E-state index contributed by atoms with van der Waals surface area (Å²) >= 11 is 0. The largest absolute Gasteiger partial charge is 0.457 e. The van der Waals surface area contributed by atoms with Crippen LogP contribution in [0.5, 0.6) is 11.5 Å². The fourth-order valence-electron chi connectivity index (χ4n) is 3.81. The number of hydrogen-bond acceptors (Lipinski definition) is 3. The van der Waals surface area contributed by atoms with Gasteiger partial charge in [0.25, 0.3) is 0 Å². The van der Waals surface area contributed by atoms with Crippen LogP contribution in [0.25, 0.3) is 0 Å². The highest BCUT2D eigenvalue weighted by molar-refractivity contribution is 5.90. The third kappa shape index (κ3) is 4.72. The summed E-state index contributed by atoms with van der Waals surface area (Å²) in [6, 6.07) is 27.8. The molecule has 0 aromatic heterocycles. The molecule has 1 saturated heterocycles. The van der Waals surface area contributed by atoms with Crippen molar-refractivity contribution in [2.24, 2.45) is 0 Å². The second-order valence-corrected chi connectivity index (χ2v) is 8.46. The monoisotopic (exact) mass is 415 g/mol. The number of ether oxygens (including phenoxy) is 1. The normalized spacial score (nSPS) is 14.3. The Morgan fingerprint density at radius 1 is 0.903 bits per heavy atom. The third-order valence-corrected chi connectivity index (χ3v) is 6.14. The fraction of sp³-hybridized carbons (Fsp3) is 0.269. The van der Waals surface area contributed by atoms with E-state index in [1.807, 2.05) is 65.6 Å². The molecule has 3 aromatic rings. The molecule has 0 aliphatic carbocycles. The molecule has 1 fully saturated rings. The van der Waals surface area contributed by atoms with E-state index in [9.17, 15) is 4.79 Å². The average molecular weight is 416 g/mol. The van der Waals surface area contributed by atoms with E-state index in [1.54, 1.807) is 0 Å². The van der Waals surface area contributed by atoms with Crippen molar-refractivity contribution in [2.45, 2.75) is 25.4 Å². The van der Waals surface area contributed by atoms with Gasteiger partial charge in [-0.05, 0) is 62.9 Å². The van der Waals surface area contributed by atoms with Gasteiger partial charge >= 0.3 is 6.03 Å². The number of rotatable bonds is 6. The van der Waals surface area contributed by atoms with Gasteiger partial charge in [-0.15, -0.1) is 0 Å². The number of carbonyl (C=O) groups is 1. The minimum atomic E-state index is -0.0942. The zero-order chi connectivity index (χ0) is 21.8. The van der Waals surface area contributed by atoms with Crippen LogP contribution in [-0.2, 0) is 5.54 Å². The maximum absolute atomic E-state index is 12.6. The van der Waals surface area contributed by atoms with Crippen molar-refractivity contribution >= 4 is 11.7 Å². The summed E-state index contributed by atoms with van der Waals surface area (Å²) < 4.78 is 5.80. The minimum absolute atomic E-state index is 0.0705. The van der Waals surface area contributed by atoms with Gasteiger partial charge in [-0.2, -0.15) is 0 Å². The first-order valence-corrected chi connectivity index (χ1v) is 10.6. The Morgan fingerprint density at radius 3 is 2.06 bits per heavy atom. The summed E-state index contributed by atoms with van der Waals surface area (Å²) in [5, 5.41) is 2.98. The standard InChI is InChI=1S/C26H29N3O2/c1-26(2,20-10-6-4-7-11-20)28(3)22-18-29(19-22)25(30)27-21-14-16-24(17-15-21)31-23-12-8-5-9-13-23/h4-17,22H,18-19H2,1-3H3,(H,27,30). The predicted octanol–water partition coefficient (Wildman–Crippen LogP) is 5.56. The molecule has 0 bridgehead atoms. The van der Waals surface area contributed by atoms with Crippen LogP contribution >= 0.6 is 0 Å². The topological polar surface area (TPSA) is 44.8 Å². The number of amides is 2. The zero-order valence-corrected chi connectivity index (χ0v) is 18.3. The second kappa shape index (κ2) is 8.82. The number of benzene rings is 3. The van der Waals surface area contributed by atoms with Crippen molar-refractivity contribution in [3.05, 3.63) is 90.5 Å². The molecular formula is C26H29N3O2. The highest BCUT2D eigenvalue weighted by Gasteiger charge is 2.39. The number of nitrogens with zero attached hydrogens (tertiary/aromatic N) is 2. The lowest BCUT2D eigenvalue weighted by Gasteiger charge is -2.49. The molecule has 2 amide bonds. The lowest BCUT2D eigenvalue weighted by molar-refractivity contribution is 0.0153. The summed E-state index contributed by atoms with van der Waals surface area (Å²) in [6.45, 7) is 5.88. The summed E-state index contributed by atoms with van der Waals surface area (Å²) in [6.07, 6.45) is 0. The Kier molecular flexibility index (Phi) is 5.96. The van der Waals surface area contributed by atoms with E-state index in [0.717, 1.165) is 17.2 Å². The Labute approximate surface area is 184 Å². The van der Waals surface area contributed by atoms with Gasteiger partial charge < -0.3 is 15.0 Å². The van der Waals surface area contributed by atoms with Crippen LogP contribution in [-0.4, -0.2) is 42.0 Å². The number of carbonyl (C=O) groups excluding carboxylic acids is 1. The van der Waals surface area contributed by atoms with Crippen LogP contribution in [0.1, 0.15) is 19.4 Å². The van der Waals surface area contributed by atoms with Crippen LogP contribution in [0.15, 0.2) is 84.9 Å². The zero-order valence-electron chi connectivity index (χ0n) is 18.3. The molecule has 3 aromatic carbocycles. The summed E-state index contributed by atoms with van der Waals surface area (Å²) in [5.74, 6) is 1.52. The highest BCUT2D eigenvalue weighted by atomic mass is 16.5. The van der Waals surface area contributed by atoms with Gasteiger partial charge in [-0.25, -0.2) is 4.79 Å². The van der Waals surface area contributed by atoms with E-state index >= 15 is 0 Å². The molecule has 31 heavy (non-hydrogen) atoms. The van der Waals surface area contributed by atoms with Crippen LogP contribution in [0.4, 0.5) is 10.5 Å². The van der Waals surface area contributed by atoms with Crippen molar-refractivity contribution in [1.82, 2.24) is 9.80 Å². The predicted molar refractivity (Wildman–Crippen MR) is 125 cm³/mol. The minimum Gasteiger partial charge on any atom is -0.457 e. The first-order chi connectivity index (χ1) is 14.9. The maximum atomic E-state index is 12.6. The number of likely N-dealkylation sites (N-methyl/N-ethyl adjacent to an activating group) is 1. The van der Waals surface area contributed by atoms with Gasteiger partial charge in [0.15, 0.2) is 0 Å². The number of urea groups is 1. The van der Waals surface area contributed by atoms with Gasteiger partial charge in [-0.3, -0.25) is 4.90 Å². The number of likely N-dealkylation sites (tertiary alicyclic amines) is 1. The number of anilines is 1. The van der Waals surface area contributed by atoms with Crippen LogP contribution in [0, 0.1) is 0 Å². The number of nitrogens with one attached hydrogen (secondary N) is 1. The summed E-state index contributed by atoms with van der Waals surface area (Å²) in [4.78, 5) is 16.8. The highest BCUT2D eigenvalue weighted by Crippen LogP contribution is 2.31. The molecule has 1 aliphatic heterocycles. The van der Waals surface area contributed by atoms with E-state index in [-0.39, 0.29) is 11.6 Å². The molecule has 0 unspecified atom stereocenters. The van der Waals surface area contributed by atoms with E-state index in [2.05, 4.69) is 55.4 Å². The van der Waals surface area contributed by atoms with E-state index in [0.29, 0.717) is 19.1 Å². The molecule has 1 N–H and O–H groups in total. The third-order valence-electron chi connectivity index (χ3n) is 6.14. The molecule has 1 aliphatic rings. The number of hydrogen-bond donors (Lipinski definition) is 1. The smallest absolute Gasteiger partial charge is 0.321 e. The first-order valence-electron chi connectivity index (χ1n) is 10.6. The van der Waals surface area contributed by atoms with Gasteiger partial charge in [0.2, 0.25) is 0 Å². The van der Waals surface area contributed by atoms with E-state index < -0.39 is 0 Å². The second-order valence-electron chi connectivity index (χ2n) is 8.46. The summed E-state index contributed by atoms with van der Waals surface area (Å²) in [5.41, 5.74) is 1.94. The maximum Gasteiger partial charge on any atom is 0.321 e. The molecule has 0 atom stereocenters. The van der Waals surface area contributed by atoms with Crippen LogP contribution < -0.4 is 10.1 Å². The van der Waals surface area contributed by atoms with Crippen molar-refractivity contribution in [3.63, 3.8) is 0 Å². The van der Waals surface area contributed by atoms with Crippen LogP contribution in [0.2, 0.25) is 0 Å². The molecule has 0 radical (unpaired) electrons. The van der Waals surface area contributed by atoms with E-state index in [1.165, 1.54) is 5.56 Å². The molecular weight excluding hydrogens is 386 g/mol. The Balaban J connectivity index is 1.29. The van der Waals surface area contributed by atoms with Crippen molar-refractivity contribution in [3.8, 4) is 11.5 Å². The Bertz CT molecular complexity index is 998. The molecule has 1 heterocycles. The van der Waals surface area contributed by atoms with Gasteiger partial charge in [-0.1, -0.05) is 48.5 Å². The Morgan fingerprint density at radius 2 is 1.45 bits per heavy atom. The van der Waals surface area contributed by atoms with Crippen molar-refractivity contribution in [2.75, 3.05) is 25.5 Å². The van der Waals surface area contributed by atoms with Gasteiger partial charge in [0.1, 0.15) is 11.5 Å². The molecule has 0 spiro atoms. The van der Waals surface area contributed by atoms with Gasteiger partial charge in [0.05, 0.1) is 0 Å². The molecule has 4 rings (SSSR count). The van der Waals surface area contributed by atoms with Crippen LogP contribution in [0.3, 0.4) is 0 Å².